The second-order valence-corrected chi connectivity index (χ2v) is 9.43. The maximum absolute atomic E-state index is 14.3. The van der Waals surface area contributed by atoms with E-state index in [2.05, 4.69) is 9.71 Å². The largest absolute Gasteiger partial charge is 0.410 e. The summed E-state index contributed by atoms with van der Waals surface area (Å²) in [6, 6.07) is -0.644. The molecule has 31 heavy (non-hydrogen) atoms. The van der Waals surface area contributed by atoms with Crippen molar-refractivity contribution in [2.75, 3.05) is 29.9 Å². The second-order valence-electron chi connectivity index (χ2n) is 7.86. The van der Waals surface area contributed by atoms with Gasteiger partial charge in [-0.05, 0) is 31.9 Å². The van der Waals surface area contributed by atoms with Crippen molar-refractivity contribution in [3.63, 3.8) is 0 Å². The third-order valence-corrected chi connectivity index (χ3v) is 6.81. The van der Waals surface area contributed by atoms with Crippen molar-refractivity contribution in [1.82, 2.24) is 4.90 Å². The Kier molecular flexibility index (Phi) is 5.16. The van der Waals surface area contributed by atoms with Crippen LogP contribution in [0, 0.1) is 11.7 Å². The zero-order chi connectivity index (χ0) is 22.7. The fourth-order valence-corrected chi connectivity index (χ4v) is 5.03. The van der Waals surface area contributed by atoms with E-state index in [1.807, 2.05) is 0 Å². The fourth-order valence-electron chi connectivity index (χ4n) is 3.80. The highest BCUT2D eigenvalue weighted by molar-refractivity contribution is 7.90. The lowest BCUT2D eigenvalue weighted by atomic mass is 10.1. The number of halogens is 4. The topological polar surface area (TPSA) is 102 Å². The van der Waals surface area contributed by atoms with E-state index in [0.29, 0.717) is 12.8 Å². The smallest absolute Gasteiger partial charge is 0.384 e. The van der Waals surface area contributed by atoms with Gasteiger partial charge in [0.2, 0.25) is 0 Å². The number of amidine groups is 1. The lowest BCUT2D eigenvalue weighted by Gasteiger charge is -2.44. The first-order valence-electron chi connectivity index (χ1n) is 9.64. The molecule has 4 rings (SSSR count). The number of nitrogens with zero attached hydrogens (tertiary/aromatic N) is 3. The number of sulfonamides is 1. The van der Waals surface area contributed by atoms with E-state index in [-0.39, 0.29) is 36.2 Å². The molecule has 2 fully saturated rings. The summed E-state index contributed by atoms with van der Waals surface area (Å²) in [6.07, 6.45) is -4.89. The Labute approximate surface area is 175 Å². The van der Waals surface area contributed by atoms with E-state index in [0.717, 1.165) is 28.9 Å². The number of amides is 1. The number of hydrogen-bond acceptors (Lipinski definition) is 6. The number of aliphatic hydroxyl groups is 1. The highest BCUT2D eigenvalue weighted by Gasteiger charge is 2.49. The minimum atomic E-state index is -4.81. The van der Waals surface area contributed by atoms with Gasteiger partial charge in [-0.2, -0.15) is 21.6 Å². The number of benzene rings is 1. The van der Waals surface area contributed by atoms with Crippen molar-refractivity contribution >= 4 is 33.1 Å². The average Bonchev–Trinajstić information content (AvgIpc) is 3.51. The van der Waals surface area contributed by atoms with E-state index in [4.69, 9.17) is 0 Å². The lowest BCUT2D eigenvalue weighted by molar-refractivity contribution is -0.163. The maximum atomic E-state index is 14.3. The van der Waals surface area contributed by atoms with Gasteiger partial charge in [-0.15, -0.1) is 4.40 Å². The van der Waals surface area contributed by atoms with Gasteiger partial charge in [0.05, 0.1) is 17.9 Å². The quantitative estimate of drug-likeness (QED) is 0.661. The van der Waals surface area contributed by atoms with Crippen LogP contribution in [0.1, 0.15) is 19.8 Å². The zero-order valence-electron chi connectivity index (χ0n) is 16.4. The van der Waals surface area contributed by atoms with E-state index in [9.17, 15) is 35.9 Å². The van der Waals surface area contributed by atoms with Crippen LogP contribution >= 0.6 is 0 Å². The van der Waals surface area contributed by atoms with Gasteiger partial charge in [0.1, 0.15) is 28.7 Å². The molecule has 0 spiro atoms. The van der Waals surface area contributed by atoms with Gasteiger partial charge >= 0.3 is 6.18 Å². The number of fused-ring (bicyclic) bond motifs is 1. The normalized spacial score (nSPS) is 24.2. The third kappa shape index (κ3) is 4.07. The first-order chi connectivity index (χ1) is 14.4. The molecule has 8 nitrogen and oxygen atoms in total. The van der Waals surface area contributed by atoms with Crippen LogP contribution in [0.25, 0.3) is 0 Å². The second kappa shape index (κ2) is 7.33. The van der Waals surface area contributed by atoms with Gasteiger partial charge in [-0.3, -0.25) is 4.79 Å². The summed E-state index contributed by atoms with van der Waals surface area (Å²) in [4.78, 5) is 13.2. The number of carbonyl (C=O) groups is 1. The monoisotopic (exact) mass is 464 g/mol. The fraction of sp³-hybridized carbons (Fsp3) is 0.556. The standard InChI is InChI=1S/C18H20F4N4O4S/c1-9(27)17(28)25-4-5-26(14(8-25)18(20,21)22)12-6-11(19)7-13-15(12)23-16(10-2-3-10)24-31(13,29)30/h6-7,9-10,14,27H,2-5,8H2,1H3,(H,23,24)/t9-,14+/m0/s1. The molecule has 13 heteroatoms. The predicted molar refractivity (Wildman–Crippen MR) is 103 cm³/mol. The number of nitrogens with one attached hydrogen (secondary N) is 1. The SMILES string of the molecule is C[C@H](O)C(=O)N1CCN(c2cc(F)cc3c2NC(C2CC2)=NS3(=O)=O)[C@@H](C(F)(F)F)C1. The molecule has 3 aliphatic rings. The van der Waals surface area contributed by atoms with Crippen molar-refractivity contribution in [2.24, 2.45) is 10.3 Å². The van der Waals surface area contributed by atoms with Crippen LogP contribution in [0.5, 0.6) is 0 Å². The molecule has 1 aromatic carbocycles. The van der Waals surface area contributed by atoms with Crippen LogP contribution in [-0.2, 0) is 14.8 Å². The molecule has 2 N–H and O–H groups in total. The summed E-state index contributed by atoms with van der Waals surface area (Å²) in [5, 5.41) is 12.3. The summed E-state index contributed by atoms with van der Waals surface area (Å²) < 4.78 is 84.9. The zero-order valence-corrected chi connectivity index (χ0v) is 17.2. The van der Waals surface area contributed by atoms with Crippen molar-refractivity contribution in [2.45, 2.75) is 43.0 Å². The lowest BCUT2D eigenvalue weighted by Crippen LogP contribution is -2.61. The Hall–Kier alpha value is -2.41. The van der Waals surface area contributed by atoms with Gasteiger partial charge in [-0.1, -0.05) is 0 Å². The molecule has 2 heterocycles. The molecule has 0 bridgehead atoms. The molecular formula is C18H20F4N4O4S. The molecular weight excluding hydrogens is 444 g/mol. The molecule has 1 aliphatic carbocycles. The van der Waals surface area contributed by atoms with Gasteiger partial charge in [0.25, 0.3) is 15.9 Å². The van der Waals surface area contributed by atoms with E-state index < -0.39 is 51.5 Å². The van der Waals surface area contributed by atoms with E-state index in [1.54, 1.807) is 0 Å². The molecule has 0 unspecified atom stereocenters. The molecule has 1 saturated carbocycles. The minimum absolute atomic E-state index is 0.131. The first kappa shape index (κ1) is 21.8. The number of anilines is 2. The summed E-state index contributed by atoms with van der Waals surface area (Å²) in [7, 11) is -4.29. The summed E-state index contributed by atoms with van der Waals surface area (Å²) in [6.45, 7) is -0.114. The maximum Gasteiger partial charge on any atom is 0.410 e. The van der Waals surface area contributed by atoms with Crippen molar-refractivity contribution in [1.29, 1.82) is 0 Å². The van der Waals surface area contributed by atoms with Gasteiger partial charge < -0.3 is 20.2 Å². The highest BCUT2D eigenvalue weighted by atomic mass is 32.2. The molecule has 2 aliphatic heterocycles. The number of piperazine rings is 1. The van der Waals surface area contributed by atoms with Crippen LogP contribution in [0.2, 0.25) is 0 Å². The van der Waals surface area contributed by atoms with Crippen LogP contribution in [-0.4, -0.2) is 68.1 Å². The number of alkyl halides is 3. The third-order valence-electron chi connectivity index (χ3n) is 5.50. The summed E-state index contributed by atoms with van der Waals surface area (Å²) >= 11 is 0. The molecule has 2 atom stereocenters. The van der Waals surface area contributed by atoms with Crippen molar-refractivity contribution < 1.29 is 35.9 Å². The molecule has 1 saturated heterocycles. The van der Waals surface area contributed by atoms with Crippen LogP contribution in [0.3, 0.4) is 0 Å². The highest BCUT2D eigenvalue weighted by Crippen LogP contribution is 2.43. The number of carbonyl (C=O) groups excluding carboxylic acids is 1. The molecule has 0 radical (unpaired) electrons. The Morgan fingerprint density at radius 2 is 1.97 bits per heavy atom. The van der Waals surface area contributed by atoms with Crippen LogP contribution in [0.15, 0.2) is 21.4 Å². The van der Waals surface area contributed by atoms with Crippen LogP contribution in [0.4, 0.5) is 28.9 Å². The van der Waals surface area contributed by atoms with Gasteiger partial charge in [0, 0.05) is 19.0 Å². The molecule has 1 aromatic rings. The van der Waals surface area contributed by atoms with Gasteiger partial charge in [-0.25, -0.2) is 4.39 Å². The minimum Gasteiger partial charge on any atom is -0.384 e. The summed E-state index contributed by atoms with van der Waals surface area (Å²) in [5.74, 6) is -1.88. The Morgan fingerprint density at radius 1 is 1.29 bits per heavy atom. The number of rotatable bonds is 3. The molecule has 0 aromatic heterocycles. The Bertz CT molecular complexity index is 1050. The Morgan fingerprint density at radius 3 is 2.55 bits per heavy atom. The Balaban J connectivity index is 1.77. The first-order valence-corrected chi connectivity index (χ1v) is 11.1. The summed E-state index contributed by atoms with van der Waals surface area (Å²) in [5.41, 5.74) is -0.416. The van der Waals surface area contributed by atoms with E-state index >= 15 is 0 Å². The van der Waals surface area contributed by atoms with Crippen molar-refractivity contribution in [3.8, 4) is 0 Å². The average molecular weight is 464 g/mol. The molecule has 170 valence electrons. The number of hydrogen-bond donors (Lipinski definition) is 2. The van der Waals surface area contributed by atoms with Crippen LogP contribution < -0.4 is 10.2 Å². The number of aliphatic hydroxyl groups excluding tert-OH is 1. The predicted octanol–water partition coefficient (Wildman–Crippen LogP) is 1.71. The molecule has 1 amide bonds. The van der Waals surface area contributed by atoms with E-state index in [1.165, 1.54) is 0 Å². The van der Waals surface area contributed by atoms with Gasteiger partial charge in [0.15, 0.2) is 0 Å². The van der Waals surface area contributed by atoms with Crippen molar-refractivity contribution in [3.05, 3.63) is 17.9 Å².